The SMILES string of the molecule is NC1COCC1C(=O)NCc1cncs1. The lowest BCUT2D eigenvalue weighted by molar-refractivity contribution is -0.125. The molecule has 82 valence electrons. The molecule has 2 unspecified atom stereocenters. The fraction of sp³-hybridized carbons (Fsp3) is 0.556. The average Bonchev–Trinajstić information content (AvgIpc) is 2.84. The van der Waals surface area contributed by atoms with Gasteiger partial charge in [0.25, 0.3) is 0 Å². The molecule has 1 aliphatic heterocycles. The molecule has 5 nitrogen and oxygen atoms in total. The van der Waals surface area contributed by atoms with E-state index in [9.17, 15) is 4.79 Å². The molecule has 6 heteroatoms. The molecule has 0 spiro atoms. The van der Waals surface area contributed by atoms with Gasteiger partial charge in [-0.2, -0.15) is 0 Å². The minimum absolute atomic E-state index is 0.0339. The molecule has 15 heavy (non-hydrogen) atoms. The van der Waals surface area contributed by atoms with Crippen molar-refractivity contribution in [2.45, 2.75) is 12.6 Å². The van der Waals surface area contributed by atoms with Crippen molar-refractivity contribution in [1.82, 2.24) is 10.3 Å². The number of carbonyl (C=O) groups is 1. The quantitative estimate of drug-likeness (QED) is 0.745. The monoisotopic (exact) mass is 227 g/mol. The Labute approximate surface area is 91.6 Å². The molecule has 1 aliphatic rings. The fourth-order valence-electron chi connectivity index (χ4n) is 1.48. The van der Waals surface area contributed by atoms with Gasteiger partial charge < -0.3 is 15.8 Å². The van der Waals surface area contributed by atoms with Crippen LogP contribution < -0.4 is 11.1 Å². The number of hydrogen-bond donors (Lipinski definition) is 2. The van der Waals surface area contributed by atoms with Crippen molar-refractivity contribution in [3.8, 4) is 0 Å². The van der Waals surface area contributed by atoms with Gasteiger partial charge in [-0.3, -0.25) is 9.78 Å². The molecule has 1 aromatic heterocycles. The van der Waals surface area contributed by atoms with E-state index in [4.69, 9.17) is 10.5 Å². The zero-order valence-corrected chi connectivity index (χ0v) is 9.00. The summed E-state index contributed by atoms with van der Waals surface area (Å²) in [5.74, 6) is -0.244. The van der Waals surface area contributed by atoms with E-state index in [2.05, 4.69) is 10.3 Å². The van der Waals surface area contributed by atoms with Gasteiger partial charge in [-0.1, -0.05) is 0 Å². The van der Waals surface area contributed by atoms with E-state index < -0.39 is 0 Å². The molecule has 1 fully saturated rings. The van der Waals surface area contributed by atoms with E-state index in [0.29, 0.717) is 19.8 Å². The van der Waals surface area contributed by atoms with Gasteiger partial charge in [0.1, 0.15) is 0 Å². The summed E-state index contributed by atoms with van der Waals surface area (Å²) >= 11 is 1.52. The summed E-state index contributed by atoms with van der Waals surface area (Å²) in [6, 6.07) is -0.175. The van der Waals surface area contributed by atoms with Crippen molar-refractivity contribution in [3.63, 3.8) is 0 Å². The summed E-state index contributed by atoms with van der Waals surface area (Å²) in [6.07, 6.45) is 1.75. The predicted octanol–water partition coefficient (Wildman–Crippen LogP) is -0.267. The lowest BCUT2D eigenvalue weighted by Gasteiger charge is -2.12. The highest BCUT2D eigenvalue weighted by molar-refractivity contribution is 7.09. The van der Waals surface area contributed by atoms with Gasteiger partial charge >= 0.3 is 0 Å². The summed E-state index contributed by atoms with van der Waals surface area (Å²) in [5, 5.41) is 2.83. The van der Waals surface area contributed by atoms with Gasteiger partial charge in [-0.25, -0.2) is 0 Å². The minimum Gasteiger partial charge on any atom is -0.379 e. The Hall–Kier alpha value is -0.980. The molecule has 0 saturated carbocycles. The van der Waals surface area contributed by atoms with Crippen LogP contribution in [-0.2, 0) is 16.1 Å². The maximum Gasteiger partial charge on any atom is 0.227 e. The molecule has 0 aromatic carbocycles. The Morgan fingerprint density at radius 2 is 2.60 bits per heavy atom. The van der Waals surface area contributed by atoms with E-state index in [1.165, 1.54) is 11.3 Å². The lowest BCUT2D eigenvalue weighted by Crippen LogP contribution is -2.40. The van der Waals surface area contributed by atoms with Gasteiger partial charge in [0, 0.05) is 17.1 Å². The van der Waals surface area contributed by atoms with Crippen LogP contribution >= 0.6 is 11.3 Å². The number of amides is 1. The first-order valence-electron chi connectivity index (χ1n) is 4.76. The van der Waals surface area contributed by atoms with E-state index >= 15 is 0 Å². The van der Waals surface area contributed by atoms with Crippen LogP contribution in [0, 0.1) is 5.92 Å². The lowest BCUT2D eigenvalue weighted by atomic mass is 10.0. The number of nitrogens with one attached hydrogen (secondary N) is 1. The third-order valence-electron chi connectivity index (χ3n) is 2.38. The second kappa shape index (κ2) is 4.69. The highest BCUT2D eigenvalue weighted by Crippen LogP contribution is 2.12. The average molecular weight is 227 g/mol. The third-order valence-corrected chi connectivity index (χ3v) is 3.16. The molecule has 0 aliphatic carbocycles. The van der Waals surface area contributed by atoms with Gasteiger partial charge in [-0.15, -0.1) is 11.3 Å². The molecule has 2 rings (SSSR count). The van der Waals surface area contributed by atoms with Crippen LogP contribution in [-0.4, -0.2) is 30.1 Å². The molecule has 2 atom stereocenters. The first-order valence-corrected chi connectivity index (χ1v) is 5.63. The summed E-state index contributed by atoms with van der Waals surface area (Å²) in [5.41, 5.74) is 7.48. The standard InChI is InChI=1S/C9H13N3O2S/c10-8-4-14-3-7(8)9(13)12-2-6-1-11-5-15-6/h1,5,7-8H,2-4,10H2,(H,12,13). The van der Waals surface area contributed by atoms with Crippen LogP contribution in [0.2, 0.25) is 0 Å². The fourth-order valence-corrected chi connectivity index (χ4v) is 2.01. The summed E-state index contributed by atoms with van der Waals surface area (Å²) in [7, 11) is 0. The Kier molecular flexibility index (Phi) is 3.30. The van der Waals surface area contributed by atoms with E-state index in [-0.39, 0.29) is 17.9 Å². The van der Waals surface area contributed by atoms with E-state index in [1.54, 1.807) is 11.7 Å². The number of thiazole rings is 1. The Morgan fingerprint density at radius 3 is 3.20 bits per heavy atom. The van der Waals surface area contributed by atoms with Crippen LogP contribution in [0.15, 0.2) is 11.7 Å². The summed E-state index contributed by atoms with van der Waals surface area (Å²) in [6.45, 7) is 1.42. The van der Waals surface area contributed by atoms with Gasteiger partial charge in [0.15, 0.2) is 0 Å². The molecule has 1 saturated heterocycles. The zero-order chi connectivity index (χ0) is 10.7. The predicted molar refractivity (Wildman–Crippen MR) is 56.2 cm³/mol. The molecular weight excluding hydrogens is 214 g/mol. The van der Waals surface area contributed by atoms with Crippen molar-refractivity contribution < 1.29 is 9.53 Å². The maximum absolute atomic E-state index is 11.7. The first-order chi connectivity index (χ1) is 7.27. The second-order valence-electron chi connectivity index (χ2n) is 3.49. The third kappa shape index (κ3) is 2.53. The Balaban J connectivity index is 1.82. The number of carbonyl (C=O) groups excluding carboxylic acids is 1. The molecule has 0 radical (unpaired) electrons. The molecule has 1 amide bonds. The first kappa shape index (κ1) is 10.5. The van der Waals surface area contributed by atoms with Crippen molar-refractivity contribution in [3.05, 3.63) is 16.6 Å². The summed E-state index contributed by atoms with van der Waals surface area (Å²) < 4.78 is 5.13. The van der Waals surface area contributed by atoms with Crippen LogP contribution in [0.4, 0.5) is 0 Å². The molecular formula is C9H13N3O2S. The van der Waals surface area contributed by atoms with Crippen LogP contribution in [0.3, 0.4) is 0 Å². The highest BCUT2D eigenvalue weighted by atomic mass is 32.1. The Morgan fingerprint density at radius 1 is 1.73 bits per heavy atom. The zero-order valence-electron chi connectivity index (χ0n) is 8.18. The van der Waals surface area contributed by atoms with Crippen LogP contribution in [0.25, 0.3) is 0 Å². The minimum atomic E-state index is -0.210. The second-order valence-corrected chi connectivity index (χ2v) is 4.46. The van der Waals surface area contributed by atoms with Crippen molar-refractivity contribution in [1.29, 1.82) is 0 Å². The van der Waals surface area contributed by atoms with Crippen LogP contribution in [0.1, 0.15) is 4.88 Å². The topological polar surface area (TPSA) is 77.2 Å². The van der Waals surface area contributed by atoms with Crippen molar-refractivity contribution in [2.24, 2.45) is 11.7 Å². The normalized spacial score (nSPS) is 25.4. The number of nitrogens with two attached hydrogens (primary N) is 1. The largest absolute Gasteiger partial charge is 0.379 e. The number of ether oxygens (including phenoxy) is 1. The van der Waals surface area contributed by atoms with Crippen LogP contribution in [0.5, 0.6) is 0 Å². The van der Waals surface area contributed by atoms with Gasteiger partial charge in [0.2, 0.25) is 5.91 Å². The maximum atomic E-state index is 11.7. The Bertz CT molecular complexity index is 328. The smallest absolute Gasteiger partial charge is 0.227 e. The molecule has 3 N–H and O–H groups in total. The van der Waals surface area contributed by atoms with Crippen molar-refractivity contribution in [2.75, 3.05) is 13.2 Å². The molecule has 0 bridgehead atoms. The number of aromatic nitrogens is 1. The number of hydrogen-bond acceptors (Lipinski definition) is 5. The molecule has 2 heterocycles. The summed E-state index contributed by atoms with van der Waals surface area (Å²) in [4.78, 5) is 16.6. The van der Waals surface area contributed by atoms with E-state index in [0.717, 1.165) is 4.88 Å². The van der Waals surface area contributed by atoms with Gasteiger partial charge in [0.05, 0.1) is 31.2 Å². The molecule has 1 aromatic rings. The van der Waals surface area contributed by atoms with Gasteiger partial charge in [-0.05, 0) is 0 Å². The van der Waals surface area contributed by atoms with Crippen molar-refractivity contribution >= 4 is 17.2 Å². The number of rotatable bonds is 3. The van der Waals surface area contributed by atoms with E-state index in [1.807, 2.05) is 0 Å². The highest BCUT2D eigenvalue weighted by Gasteiger charge is 2.30. The number of nitrogens with zero attached hydrogens (tertiary/aromatic N) is 1.